The van der Waals surface area contributed by atoms with E-state index in [1.165, 1.54) is 0 Å². The molecular weight excluding hydrogens is 332 g/mol. The van der Waals surface area contributed by atoms with Crippen molar-refractivity contribution in [2.75, 3.05) is 19.8 Å². The maximum absolute atomic E-state index is 12.3. The van der Waals surface area contributed by atoms with Crippen LogP contribution in [-0.2, 0) is 19.1 Å². The zero-order valence-corrected chi connectivity index (χ0v) is 16.1. The second-order valence-corrected chi connectivity index (χ2v) is 5.98. The normalized spacial score (nSPS) is 11.1. The molecule has 5 heteroatoms. The van der Waals surface area contributed by atoms with Crippen LogP contribution in [0.3, 0.4) is 0 Å². The highest BCUT2D eigenvalue weighted by molar-refractivity contribution is 5.98. The Morgan fingerprint density at radius 2 is 1.69 bits per heavy atom. The van der Waals surface area contributed by atoms with Crippen molar-refractivity contribution >= 4 is 18.0 Å². The van der Waals surface area contributed by atoms with Crippen molar-refractivity contribution in [2.45, 2.75) is 52.9 Å². The van der Waals surface area contributed by atoms with Gasteiger partial charge in [0.05, 0.1) is 26.2 Å². The Bertz CT molecular complexity index is 592. The molecule has 0 aliphatic heterocycles. The van der Waals surface area contributed by atoms with Crippen LogP contribution in [0, 0.1) is 0 Å². The van der Waals surface area contributed by atoms with Gasteiger partial charge in [-0.25, -0.2) is 4.79 Å². The third-order valence-corrected chi connectivity index (χ3v) is 3.47. The third-order valence-electron chi connectivity index (χ3n) is 3.47. The summed E-state index contributed by atoms with van der Waals surface area (Å²) in [6.45, 7) is 7.26. The van der Waals surface area contributed by atoms with Gasteiger partial charge in [0, 0.05) is 5.57 Å². The van der Waals surface area contributed by atoms with Crippen LogP contribution in [0.5, 0.6) is 5.75 Å². The molecule has 0 amide bonds. The molecule has 0 N–H and O–H groups in total. The zero-order chi connectivity index (χ0) is 19.2. The van der Waals surface area contributed by atoms with E-state index in [2.05, 4.69) is 6.92 Å². The Balaban J connectivity index is 2.91. The highest BCUT2D eigenvalue weighted by atomic mass is 16.5. The summed E-state index contributed by atoms with van der Waals surface area (Å²) in [4.78, 5) is 24.2. The Morgan fingerprint density at radius 3 is 2.38 bits per heavy atom. The van der Waals surface area contributed by atoms with Crippen molar-refractivity contribution in [3.05, 3.63) is 35.4 Å². The molecule has 0 radical (unpaired) electrons. The molecule has 5 nitrogen and oxygen atoms in total. The fraction of sp³-hybridized carbons (Fsp3) is 0.524. The first-order valence-electron chi connectivity index (χ1n) is 9.36. The second-order valence-electron chi connectivity index (χ2n) is 5.98. The zero-order valence-electron chi connectivity index (χ0n) is 16.1. The number of unbranched alkanes of at least 4 members (excludes halogenated alkanes) is 1. The summed E-state index contributed by atoms with van der Waals surface area (Å²) in [6, 6.07) is 7.44. The van der Waals surface area contributed by atoms with Crippen molar-refractivity contribution in [3.8, 4) is 5.75 Å². The van der Waals surface area contributed by atoms with E-state index < -0.39 is 11.9 Å². The summed E-state index contributed by atoms with van der Waals surface area (Å²) in [6.07, 6.45) is 5.06. The van der Waals surface area contributed by atoms with Gasteiger partial charge in [-0.2, -0.15) is 0 Å². The maximum atomic E-state index is 12.3. The van der Waals surface area contributed by atoms with Gasteiger partial charge in [-0.1, -0.05) is 39.3 Å². The summed E-state index contributed by atoms with van der Waals surface area (Å²) < 4.78 is 16.0. The van der Waals surface area contributed by atoms with E-state index in [1.54, 1.807) is 6.08 Å². The number of hydrogen-bond acceptors (Lipinski definition) is 5. The van der Waals surface area contributed by atoms with Crippen molar-refractivity contribution in [2.24, 2.45) is 0 Å². The Hall–Kier alpha value is -2.30. The van der Waals surface area contributed by atoms with Crippen LogP contribution in [0.4, 0.5) is 0 Å². The second kappa shape index (κ2) is 13.0. The van der Waals surface area contributed by atoms with E-state index in [4.69, 9.17) is 14.2 Å². The minimum Gasteiger partial charge on any atom is -0.494 e. The van der Waals surface area contributed by atoms with Gasteiger partial charge in [-0.05, 0) is 43.0 Å². The van der Waals surface area contributed by atoms with Crippen LogP contribution >= 0.6 is 0 Å². The van der Waals surface area contributed by atoms with E-state index in [0.717, 1.165) is 37.0 Å². The molecule has 26 heavy (non-hydrogen) atoms. The van der Waals surface area contributed by atoms with E-state index >= 15 is 0 Å². The molecular formula is C21H30O5. The van der Waals surface area contributed by atoms with Gasteiger partial charge in [0.15, 0.2) is 0 Å². The topological polar surface area (TPSA) is 61.8 Å². The SMILES string of the molecule is CCCCOc1cccc(C=C(CC(=O)OCCC)C(=O)OCCC)c1. The molecule has 0 heterocycles. The number of carbonyl (C=O) groups excluding carboxylic acids is 2. The molecule has 144 valence electrons. The average molecular weight is 362 g/mol. The van der Waals surface area contributed by atoms with Crippen LogP contribution in [0.1, 0.15) is 58.4 Å². The van der Waals surface area contributed by atoms with Gasteiger partial charge in [0.1, 0.15) is 5.75 Å². The van der Waals surface area contributed by atoms with E-state index in [-0.39, 0.29) is 12.0 Å². The van der Waals surface area contributed by atoms with Crippen molar-refractivity contribution in [1.82, 2.24) is 0 Å². The van der Waals surface area contributed by atoms with Gasteiger partial charge in [-0.15, -0.1) is 0 Å². The number of benzene rings is 1. The number of rotatable bonds is 12. The van der Waals surface area contributed by atoms with E-state index in [1.807, 2.05) is 38.1 Å². The molecule has 1 aromatic rings. The minimum atomic E-state index is -0.488. The maximum Gasteiger partial charge on any atom is 0.334 e. The lowest BCUT2D eigenvalue weighted by atomic mass is 10.1. The van der Waals surface area contributed by atoms with Crippen LogP contribution < -0.4 is 4.74 Å². The number of hydrogen-bond donors (Lipinski definition) is 0. The van der Waals surface area contributed by atoms with Crippen LogP contribution in [0.25, 0.3) is 6.08 Å². The first-order chi connectivity index (χ1) is 12.6. The van der Waals surface area contributed by atoms with Gasteiger partial charge >= 0.3 is 11.9 Å². The predicted octanol–water partition coefficient (Wildman–Crippen LogP) is 4.55. The minimum absolute atomic E-state index is 0.108. The van der Waals surface area contributed by atoms with Crippen molar-refractivity contribution in [3.63, 3.8) is 0 Å². The summed E-state index contributed by atoms with van der Waals surface area (Å²) in [5.74, 6) is -0.179. The molecule has 1 rings (SSSR count). The van der Waals surface area contributed by atoms with Crippen LogP contribution in [0.15, 0.2) is 29.8 Å². The molecule has 0 fully saturated rings. The first-order valence-corrected chi connectivity index (χ1v) is 9.36. The molecule has 0 saturated carbocycles. The summed E-state index contributed by atoms with van der Waals surface area (Å²) >= 11 is 0. The number of carbonyl (C=O) groups is 2. The van der Waals surface area contributed by atoms with E-state index in [0.29, 0.717) is 19.8 Å². The molecule has 0 unspecified atom stereocenters. The van der Waals surface area contributed by atoms with Crippen LogP contribution in [-0.4, -0.2) is 31.8 Å². The molecule has 0 atom stereocenters. The largest absolute Gasteiger partial charge is 0.494 e. The Morgan fingerprint density at radius 1 is 0.962 bits per heavy atom. The molecule has 0 bridgehead atoms. The van der Waals surface area contributed by atoms with E-state index in [9.17, 15) is 9.59 Å². The highest BCUT2D eigenvalue weighted by Gasteiger charge is 2.16. The van der Waals surface area contributed by atoms with Gasteiger partial charge in [-0.3, -0.25) is 4.79 Å². The number of esters is 2. The lowest BCUT2D eigenvalue weighted by Crippen LogP contribution is -2.14. The van der Waals surface area contributed by atoms with Gasteiger partial charge < -0.3 is 14.2 Å². The quantitative estimate of drug-likeness (QED) is 0.310. The molecule has 0 spiro atoms. The summed E-state index contributed by atoms with van der Waals surface area (Å²) in [7, 11) is 0. The fourth-order valence-corrected chi connectivity index (χ4v) is 2.12. The Kier molecular flexibility index (Phi) is 10.9. The highest BCUT2D eigenvalue weighted by Crippen LogP contribution is 2.18. The molecule has 0 aliphatic rings. The third kappa shape index (κ3) is 8.70. The summed E-state index contributed by atoms with van der Waals surface area (Å²) in [5.41, 5.74) is 1.07. The number of ether oxygens (including phenoxy) is 3. The van der Waals surface area contributed by atoms with Crippen LogP contribution in [0.2, 0.25) is 0 Å². The van der Waals surface area contributed by atoms with Gasteiger partial charge in [0.25, 0.3) is 0 Å². The lowest BCUT2D eigenvalue weighted by Gasteiger charge is -2.09. The van der Waals surface area contributed by atoms with Crippen molar-refractivity contribution in [1.29, 1.82) is 0 Å². The Labute approximate surface area is 156 Å². The monoisotopic (exact) mass is 362 g/mol. The predicted molar refractivity (Wildman–Crippen MR) is 102 cm³/mol. The standard InChI is InChI=1S/C21H30O5/c1-4-7-13-24-19-10-8-9-17(15-19)14-18(21(23)26-12-6-3)16-20(22)25-11-5-2/h8-10,14-15H,4-7,11-13,16H2,1-3H3. The fourth-order valence-electron chi connectivity index (χ4n) is 2.12. The molecule has 0 aliphatic carbocycles. The lowest BCUT2D eigenvalue weighted by molar-refractivity contribution is -0.146. The van der Waals surface area contributed by atoms with Crippen molar-refractivity contribution < 1.29 is 23.8 Å². The molecule has 0 saturated heterocycles. The van der Waals surface area contributed by atoms with Gasteiger partial charge in [0.2, 0.25) is 0 Å². The smallest absolute Gasteiger partial charge is 0.334 e. The molecule has 0 aromatic heterocycles. The first kappa shape index (κ1) is 21.7. The molecule has 1 aromatic carbocycles. The summed E-state index contributed by atoms with van der Waals surface area (Å²) in [5, 5.41) is 0. The average Bonchev–Trinajstić information content (AvgIpc) is 2.64.